The van der Waals surface area contributed by atoms with Crippen LogP contribution in [0.4, 0.5) is 18.9 Å². The molecule has 0 bridgehead atoms. The minimum absolute atomic E-state index is 0.0312. The maximum absolute atomic E-state index is 13.9. The van der Waals surface area contributed by atoms with Crippen molar-refractivity contribution in [1.82, 2.24) is 19.7 Å². The molecule has 5 rings (SSSR count). The summed E-state index contributed by atoms with van der Waals surface area (Å²) in [6.07, 6.45) is -4.21. The van der Waals surface area contributed by atoms with E-state index in [0.717, 1.165) is 0 Å². The molecule has 2 aromatic heterocycles. The first-order valence-corrected chi connectivity index (χ1v) is 17.3. The molecule has 2 amide bonds. The largest absolute Gasteiger partial charge is 0.490 e. The molecular weight excluding hydrogens is 687 g/mol. The first kappa shape index (κ1) is 34.8. The summed E-state index contributed by atoms with van der Waals surface area (Å²) >= 11 is 7.30. The first-order chi connectivity index (χ1) is 22.2. The van der Waals surface area contributed by atoms with E-state index in [1.165, 1.54) is 22.3 Å². The molecule has 0 unspecified atom stereocenters. The predicted octanol–water partition coefficient (Wildman–Crippen LogP) is 3.63. The SMILES string of the molecule is Cc1c(N2CCCC2=O)cccc1S(=O)(=O)N[C@@H](Cc1cc(-c2ccc(Cl)s2)on1)C(=O)N1CCN(CCOC(=O)C(F)(F)F)CC1. The molecule has 47 heavy (non-hydrogen) atoms. The van der Waals surface area contributed by atoms with Crippen LogP contribution >= 0.6 is 22.9 Å². The number of benzene rings is 1. The molecule has 254 valence electrons. The van der Waals surface area contributed by atoms with E-state index >= 15 is 0 Å². The lowest BCUT2D eigenvalue weighted by Gasteiger charge is -2.36. The maximum Gasteiger partial charge on any atom is 0.490 e. The topological polar surface area (TPSA) is 142 Å². The Hall–Kier alpha value is -3.51. The van der Waals surface area contributed by atoms with Gasteiger partial charge in [0.15, 0.2) is 5.76 Å². The van der Waals surface area contributed by atoms with E-state index < -0.39 is 40.7 Å². The summed E-state index contributed by atoms with van der Waals surface area (Å²) in [5.74, 6) is -2.52. The molecule has 1 atom stereocenters. The van der Waals surface area contributed by atoms with Crippen LogP contribution in [0.25, 0.3) is 10.6 Å². The van der Waals surface area contributed by atoms with E-state index in [1.807, 2.05) is 0 Å². The highest BCUT2D eigenvalue weighted by Gasteiger charge is 2.41. The molecule has 1 aromatic carbocycles. The minimum Gasteiger partial charge on any atom is -0.458 e. The molecule has 18 heteroatoms. The Balaban J connectivity index is 1.32. The second-order valence-corrected chi connectivity index (χ2v) is 14.4. The second-order valence-electron chi connectivity index (χ2n) is 11.0. The highest BCUT2D eigenvalue weighted by molar-refractivity contribution is 7.89. The molecule has 4 heterocycles. The number of esters is 1. The summed E-state index contributed by atoms with van der Waals surface area (Å²) in [5.41, 5.74) is 1.15. The second kappa shape index (κ2) is 14.3. The Morgan fingerprint density at radius 1 is 1.15 bits per heavy atom. The van der Waals surface area contributed by atoms with Crippen LogP contribution in [0.15, 0.2) is 45.8 Å². The fraction of sp³-hybridized carbons (Fsp3) is 0.448. The van der Waals surface area contributed by atoms with Gasteiger partial charge in [0, 0.05) is 63.9 Å². The number of nitrogens with one attached hydrogen (secondary N) is 1. The molecule has 0 radical (unpaired) electrons. The van der Waals surface area contributed by atoms with Crippen molar-refractivity contribution in [3.8, 4) is 10.6 Å². The third-order valence-electron chi connectivity index (χ3n) is 7.85. The Morgan fingerprint density at radius 3 is 2.53 bits per heavy atom. The van der Waals surface area contributed by atoms with Crippen molar-refractivity contribution in [1.29, 1.82) is 0 Å². The van der Waals surface area contributed by atoms with Crippen molar-refractivity contribution < 1.29 is 45.2 Å². The Morgan fingerprint density at radius 2 is 1.89 bits per heavy atom. The zero-order valence-corrected chi connectivity index (χ0v) is 27.5. The number of piperazine rings is 1. The molecule has 2 saturated heterocycles. The number of carbonyl (C=O) groups is 3. The van der Waals surface area contributed by atoms with Gasteiger partial charge in [0.2, 0.25) is 21.8 Å². The zero-order valence-electron chi connectivity index (χ0n) is 25.1. The summed E-state index contributed by atoms with van der Waals surface area (Å²) in [4.78, 5) is 42.6. The van der Waals surface area contributed by atoms with E-state index in [2.05, 4.69) is 14.6 Å². The van der Waals surface area contributed by atoms with Crippen molar-refractivity contribution in [2.75, 3.05) is 50.8 Å². The van der Waals surface area contributed by atoms with Gasteiger partial charge in [-0.25, -0.2) is 13.2 Å². The minimum atomic E-state index is -5.08. The van der Waals surface area contributed by atoms with Crippen LogP contribution in [0.1, 0.15) is 24.1 Å². The summed E-state index contributed by atoms with van der Waals surface area (Å²) in [6, 6.07) is 8.35. The number of carbonyl (C=O) groups excluding carboxylic acids is 3. The third-order valence-corrected chi connectivity index (χ3v) is 10.7. The molecule has 2 aliphatic rings. The normalized spacial score (nSPS) is 16.9. The van der Waals surface area contributed by atoms with E-state index in [4.69, 9.17) is 16.1 Å². The van der Waals surface area contributed by atoms with E-state index in [-0.39, 0.29) is 49.9 Å². The van der Waals surface area contributed by atoms with Crippen LogP contribution in [0.5, 0.6) is 0 Å². The fourth-order valence-corrected chi connectivity index (χ4v) is 7.90. The van der Waals surface area contributed by atoms with Gasteiger partial charge in [0.05, 0.1) is 19.8 Å². The lowest BCUT2D eigenvalue weighted by Crippen LogP contribution is -2.55. The molecule has 12 nitrogen and oxygen atoms in total. The summed E-state index contributed by atoms with van der Waals surface area (Å²) < 4.78 is 77.7. The number of rotatable bonds is 11. The van der Waals surface area contributed by atoms with Gasteiger partial charge in [-0.05, 0) is 43.2 Å². The number of anilines is 1. The smallest absolute Gasteiger partial charge is 0.458 e. The zero-order chi connectivity index (χ0) is 33.9. The van der Waals surface area contributed by atoms with Crippen LogP contribution in [0, 0.1) is 6.92 Å². The van der Waals surface area contributed by atoms with Crippen LogP contribution in [-0.2, 0) is 35.6 Å². The van der Waals surface area contributed by atoms with Gasteiger partial charge >= 0.3 is 12.1 Å². The van der Waals surface area contributed by atoms with E-state index in [9.17, 15) is 36.0 Å². The van der Waals surface area contributed by atoms with Gasteiger partial charge in [0.1, 0.15) is 12.6 Å². The van der Waals surface area contributed by atoms with Crippen LogP contribution in [0.2, 0.25) is 4.34 Å². The number of hydrogen-bond donors (Lipinski definition) is 1. The number of aromatic nitrogens is 1. The number of nitrogens with zero attached hydrogens (tertiary/aromatic N) is 4. The lowest BCUT2D eigenvalue weighted by atomic mass is 10.1. The lowest BCUT2D eigenvalue weighted by molar-refractivity contribution is -0.200. The van der Waals surface area contributed by atoms with Crippen LogP contribution in [-0.4, -0.2) is 99.3 Å². The molecule has 1 N–H and O–H groups in total. The quantitative estimate of drug-likeness (QED) is 0.294. The summed E-state index contributed by atoms with van der Waals surface area (Å²) in [6.45, 7) is 2.44. The van der Waals surface area contributed by atoms with Crippen molar-refractivity contribution in [2.45, 2.75) is 43.3 Å². The Kier molecular flexibility index (Phi) is 10.6. The molecular formula is C29H31ClF3N5O7S2. The number of hydrogen-bond acceptors (Lipinski definition) is 10. The predicted molar refractivity (Wildman–Crippen MR) is 165 cm³/mol. The molecule has 0 aliphatic carbocycles. The van der Waals surface area contributed by atoms with Crippen molar-refractivity contribution in [3.05, 3.63) is 52.0 Å². The number of halogens is 4. The number of thiophene rings is 1. The van der Waals surface area contributed by atoms with Crippen molar-refractivity contribution in [2.24, 2.45) is 0 Å². The van der Waals surface area contributed by atoms with E-state index in [0.29, 0.717) is 51.3 Å². The Bertz CT molecular complexity index is 1740. The third kappa shape index (κ3) is 8.32. The van der Waals surface area contributed by atoms with Gasteiger partial charge in [0.25, 0.3) is 0 Å². The number of amides is 2. The van der Waals surface area contributed by atoms with Gasteiger partial charge in [-0.15, -0.1) is 11.3 Å². The number of ether oxygens (including phenoxy) is 1. The molecule has 2 aliphatic heterocycles. The molecule has 3 aromatic rings. The first-order valence-electron chi connectivity index (χ1n) is 14.6. The maximum atomic E-state index is 13.9. The highest BCUT2D eigenvalue weighted by Crippen LogP contribution is 2.32. The van der Waals surface area contributed by atoms with Gasteiger partial charge in [-0.3, -0.25) is 14.5 Å². The van der Waals surface area contributed by atoms with Gasteiger partial charge in [-0.1, -0.05) is 22.8 Å². The number of sulfonamides is 1. The highest BCUT2D eigenvalue weighted by atomic mass is 35.5. The molecule has 0 saturated carbocycles. The van der Waals surface area contributed by atoms with Crippen molar-refractivity contribution in [3.63, 3.8) is 0 Å². The van der Waals surface area contributed by atoms with Gasteiger partial charge < -0.3 is 19.1 Å². The monoisotopic (exact) mass is 717 g/mol. The molecule has 2 fully saturated rings. The summed E-state index contributed by atoms with van der Waals surface area (Å²) in [5, 5.41) is 4.05. The number of alkyl halides is 3. The summed E-state index contributed by atoms with van der Waals surface area (Å²) in [7, 11) is -4.31. The van der Waals surface area contributed by atoms with E-state index in [1.54, 1.807) is 47.1 Å². The Labute approximate surface area is 277 Å². The fourth-order valence-electron chi connectivity index (χ4n) is 5.46. The van der Waals surface area contributed by atoms with Crippen molar-refractivity contribution >= 4 is 56.4 Å². The van der Waals surface area contributed by atoms with Crippen LogP contribution in [0.3, 0.4) is 0 Å². The average molecular weight is 718 g/mol. The molecule has 0 spiro atoms. The van der Waals surface area contributed by atoms with Crippen LogP contribution < -0.4 is 9.62 Å². The van der Waals surface area contributed by atoms with Gasteiger partial charge in [-0.2, -0.15) is 17.9 Å². The average Bonchev–Trinajstić information content (AvgIpc) is 3.77. The standard InChI is InChI=1S/C29H31ClF3N5O7S2/c1-18-21(38-9-3-6-26(38)39)4-2-5-24(18)47(42,43)35-20(16-19-17-22(45-34-19)23-7-8-25(30)46-23)27(40)37-12-10-36(11-13-37)14-15-44-28(41)29(31,32)33/h2,4-5,7-8,17,20,35H,3,6,9-16H2,1H3/t20-/m0/s1.